The van der Waals surface area contributed by atoms with Gasteiger partial charge in [0, 0.05) is 64.5 Å². The Bertz CT molecular complexity index is 1570. The Labute approximate surface area is 254 Å². The van der Waals surface area contributed by atoms with Gasteiger partial charge >= 0.3 is 0 Å². The number of likely N-dealkylation sites (N-methyl/N-ethyl adjacent to an activating group) is 1. The Balaban J connectivity index is 1.40. The van der Waals surface area contributed by atoms with Crippen LogP contribution in [0.4, 0.5) is 17.3 Å². The number of piperazine rings is 1. The van der Waals surface area contributed by atoms with Crippen LogP contribution >= 0.6 is 0 Å². The lowest BCUT2D eigenvalue weighted by molar-refractivity contribution is -0.113. The number of carbonyl (C=O) groups excluding carboxylic acids is 1. The third-order valence-electron chi connectivity index (χ3n) is 7.32. The standard InChI is InChI=1S/C32H41N7O3Si/c1-37-16-18-38(19-17-37)26-11-9-25(10-12-26)34-32-35-30-28(14-15-39(30)23-41-20-21-43(2,3)4)31(36-32)42-27-7-5-6-24(22-27)8-13-29(33)40/h5-15,22H,16-21,23H2,1-4H3,(H2,33,40)(H,34,35,36). The summed E-state index contributed by atoms with van der Waals surface area (Å²) >= 11 is 0. The Morgan fingerprint density at radius 1 is 1.05 bits per heavy atom. The fourth-order valence-corrected chi connectivity index (χ4v) is 5.49. The second kappa shape index (κ2) is 13.4. The molecule has 1 aliphatic rings. The Morgan fingerprint density at radius 2 is 1.81 bits per heavy atom. The monoisotopic (exact) mass is 599 g/mol. The van der Waals surface area contributed by atoms with Crippen LogP contribution in [0.15, 0.2) is 66.9 Å². The molecule has 0 radical (unpaired) electrons. The van der Waals surface area contributed by atoms with Crippen molar-refractivity contribution in [2.24, 2.45) is 5.73 Å². The molecule has 0 atom stereocenters. The summed E-state index contributed by atoms with van der Waals surface area (Å²) in [6.45, 7) is 12.3. The van der Waals surface area contributed by atoms with Crippen LogP contribution < -0.4 is 20.7 Å². The molecular weight excluding hydrogens is 558 g/mol. The molecule has 0 saturated carbocycles. The highest BCUT2D eigenvalue weighted by Crippen LogP contribution is 2.31. The minimum Gasteiger partial charge on any atom is -0.438 e. The Morgan fingerprint density at radius 3 is 2.53 bits per heavy atom. The number of benzene rings is 2. The number of ether oxygens (including phenoxy) is 2. The van der Waals surface area contributed by atoms with E-state index >= 15 is 0 Å². The van der Waals surface area contributed by atoms with E-state index in [0.717, 1.165) is 48.9 Å². The molecule has 11 heteroatoms. The first-order valence-corrected chi connectivity index (χ1v) is 18.3. The molecule has 2 aromatic heterocycles. The smallest absolute Gasteiger partial charge is 0.241 e. The minimum absolute atomic E-state index is 0.386. The maximum atomic E-state index is 11.2. The summed E-state index contributed by atoms with van der Waals surface area (Å²) in [5.74, 6) is 0.901. The molecule has 3 heterocycles. The van der Waals surface area contributed by atoms with Gasteiger partial charge < -0.3 is 34.9 Å². The number of amides is 1. The number of aromatic nitrogens is 3. The molecule has 4 aromatic rings. The number of fused-ring (bicyclic) bond motifs is 1. The first-order valence-electron chi connectivity index (χ1n) is 14.6. The average Bonchev–Trinajstić information content (AvgIpc) is 3.38. The van der Waals surface area contributed by atoms with Gasteiger partial charge in [-0.2, -0.15) is 9.97 Å². The number of nitrogens with two attached hydrogens (primary N) is 1. The lowest BCUT2D eigenvalue weighted by Crippen LogP contribution is -2.44. The van der Waals surface area contributed by atoms with Crippen molar-refractivity contribution in [3.8, 4) is 11.6 Å². The highest BCUT2D eigenvalue weighted by molar-refractivity contribution is 6.76. The minimum atomic E-state index is -1.20. The van der Waals surface area contributed by atoms with E-state index in [-0.39, 0.29) is 0 Å². The quantitative estimate of drug-likeness (QED) is 0.124. The molecule has 1 fully saturated rings. The van der Waals surface area contributed by atoms with Gasteiger partial charge in [0.1, 0.15) is 12.5 Å². The summed E-state index contributed by atoms with van der Waals surface area (Å²) in [5, 5.41) is 4.13. The molecule has 3 N–H and O–H groups in total. The number of nitrogens with one attached hydrogen (secondary N) is 1. The van der Waals surface area contributed by atoms with Crippen LogP contribution in [0, 0.1) is 0 Å². The largest absolute Gasteiger partial charge is 0.438 e. The number of rotatable bonds is 12. The fourth-order valence-electron chi connectivity index (χ4n) is 4.74. The zero-order valence-electron chi connectivity index (χ0n) is 25.4. The lowest BCUT2D eigenvalue weighted by Gasteiger charge is -2.34. The zero-order valence-corrected chi connectivity index (χ0v) is 26.4. The molecule has 43 heavy (non-hydrogen) atoms. The molecule has 0 unspecified atom stereocenters. The zero-order chi connectivity index (χ0) is 30.4. The molecule has 226 valence electrons. The van der Waals surface area contributed by atoms with Crippen LogP contribution in [-0.4, -0.2) is 73.2 Å². The molecule has 10 nitrogen and oxygen atoms in total. The maximum absolute atomic E-state index is 11.2. The van der Waals surface area contributed by atoms with Gasteiger partial charge in [-0.3, -0.25) is 4.79 Å². The van der Waals surface area contributed by atoms with Gasteiger partial charge in [0.2, 0.25) is 17.7 Å². The second-order valence-corrected chi connectivity index (χ2v) is 17.7. The van der Waals surface area contributed by atoms with Crippen LogP contribution in [0.1, 0.15) is 5.56 Å². The Hall–Kier alpha value is -4.19. The maximum Gasteiger partial charge on any atom is 0.241 e. The van der Waals surface area contributed by atoms with Crippen molar-refractivity contribution in [2.75, 3.05) is 50.1 Å². The van der Waals surface area contributed by atoms with Gasteiger partial charge in [0.15, 0.2) is 5.65 Å². The first-order chi connectivity index (χ1) is 20.6. The number of carbonyl (C=O) groups is 1. The van der Waals surface area contributed by atoms with Crippen molar-refractivity contribution in [3.05, 3.63) is 72.4 Å². The number of anilines is 3. The van der Waals surface area contributed by atoms with E-state index < -0.39 is 14.0 Å². The molecule has 2 aromatic carbocycles. The van der Waals surface area contributed by atoms with E-state index in [4.69, 9.17) is 25.2 Å². The molecule has 0 bridgehead atoms. The highest BCUT2D eigenvalue weighted by Gasteiger charge is 2.17. The highest BCUT2D eigenvalue weighted by atomic mass is 28.3. The molecule has 1 saturated heterocycles. The SMILES string of the molecule is CN1CCN(c2ccc(Nc3nc(Oc4cccc(C=CC(N)=O)c4)c4ccn(COCC[Si](C)(C)C)c4n3)cc2)CC1. The van der Waals surface area contributed by atoms with Gasteiger partial charge in [0.25, 0.3) is 0 Å². The molecule has 0 spiro atoms. The van der Waals surface area contributed by atoms with E-state index in [0.29, 0.717) is 36.6 Å². The number of hydrogen-bond acceptors (Lipinski definition) is 8. The van der Waals surface area contributed by atoms with Gasteiger partial charge in [-0.05, 0) is 67.2 Å². The van der Waals surface area contributed by atoms with E-state index in [1.807, 2.05) is 41.1 Å². The molecular formula is C32H41N7O3Si. The van der Waals surface area contributed by atoms with E-state index in [2.05, 4.69) is 66.1 Å². The number of primary amides is 1. The second-order valence-electron chi connectivity index (χ2n) is 12.1. The number of nitrogens with zero attached hydrogens (tertiary/aromatic N) is 5. The lowest BCUT2D eigenvalue weighted by atomic mass is 10.2. The van der Waals surface area contributed by atoms with Crippen molar-refractivity contribution in [1.82, 2.24) is 19.4 Å². The van der Waals surface area contributed by atoms with Crippen molar-refractivity contribution < 1.29 is 14.3 Å². The fraction of sp³-hybridized carbons (Fsp3) is 0.344. The average molecular weight is 600 g/mol. The van der Waals surface area contributed by atoms with Crippen molar-refractivity contribution in [2.45, 2.75) is 32.4 Å². The van der Waals surface area contributed by atoms with Gasteiger partial charge in [-0.25, -0.2) is 0 Å². The predicted molar refractivity (Wildman–Crippen MR) is 176 cm³/mol. The van der Waals surface area contributed by atoms with E-state index in [9.17, 15) is 4.79 Å². The van der Waals surface area contributed by atoms with Gasteiger partial charge in [-0.1, -0.05) is 31.8 Å². The predicted octanol–water partition coefficient (Wildman–Crippen LogP) is 5.53. The summed E-state index contributed by atoms with van der Waals surface area (Å²) in [6, 6.07) is 18.8. The van der Waals surface area contributed by atoms with Crippen molar-refractivity contribution in [3.63, 3.8) is 0 Å². The summed E-state index contributed by atoms with van der Waals surface area (Å²) in [6.07, 6.45) is 4.92. The van der Waals surface area contributed by atoms with Crippen LogP contribution in [0.5, 0.6) is 11.6 Å². The third-order valence-corrected chi connectivity index (χ3v) is 9.02. The molecule has 0 aliphatic carbocycles. The Kier molecular flexibility index (Phi) is 9.44. The molecule has 5 rings (SSSR count). The first kappa shape index (κ1) is 30.3. The van der Waals surface area contributed by atoms with Crippen molar-refractivity contribution in [1.29, 1.82) is 0 Å². The summed E-state index contributed by atoms with van der Waals surface area (Å²) in [7, 11) is 0.961. The van der Waals surface area contributed by atoms with Crippen molar-refractivity contribution >= 4 is 48.4 Å². The van der Waals surface area contributed by atoms with Crippen LogP contribution in [0.2, 0.25) is 25.7 Å². The topological polar surface area (TPSA) is 111 Å². The summed E-state index contributed by atoms with van der Waals surface area (Å²) < 4.78 is 14.3. The number of hydrogen-bond donors (Lipinski definition) is 2. The third kappa shape index (κ3) is 8.44. The van der Waals surface area contributed by atoms with Crippen LogP contribution in [0.25, 0.3) is 17.1 Å². The normalized spacial score (nSPS) is 14.5. The van der Waals surface area contributed by atoms with E-state index in [1.165, 1.54) is 11.8 Å². The van der Waals surface area contributed by atoms with Gasteiger partial charge in [0.05, 0.1) is 5.39 Å². The van der Waals surface area contributed by atoms with Gasteiger partial charge in [-0.15, -0.1) is 0 Å². The summed E-state index contributed by atoms with van der Waals surface area (Å²) in [4.78, 5) is 25.6. The summed E-state index contributed by atoms with van der Waals surface area (Å²) in [5.41, 5.74) is 8.84. The molecule has 1 amide bonds. The van der Waals surface area contributed by atoms with Crippen LogP contribution in [-0.2, 0) is 16.3 Å². The van der Waals surface area contributed by atoms with Crippen LogP contribution in [0.3, 0.4) is 0 Å². The molecule has 1 aliphatic heterocycles. The van der Waals surface area contributed by atoms with E-state index in [1.54, 1.807) is 6.08 Å².